The number of methoxy groups -OCH3 is 1. The number of hydrogen-bond acceptors (Lipinski definition) is 5. The molecule has 3 aromatic carbocycles. The molecule has 0 spiro atoms. The van der Waals surface area contributed by atoms with E-state index in [2.05, 4.69) is 5.32 Å². The standard InChI is InChI=1S/C22H16ClNO6/c1-30-19-10-13(5-8-18(19)25)20(26)12-3-2-4-14(9-12)21(27)24-17-7-6-15(23)11-16(17)22(28)29/h2-11,25H,1H3,(H,24,27)(H,28,29). The Balaban J connectivity index is 1.88. The van der Waals surface area contributed by atoms with Crippen molar-refractivity contribution in [2.75, 3.05) is 12.4 Å². The molecule has 8 heteroatoms. The Hall–Kier alpha value is -3.84. The van der Waals surface area contributed by atoms with Gasteiger partial charge in [-0.15, -0.1) is 0 Å². The fourth-order valence-electron chi connectivity index (χ4n) is 2.78. The van der Waals surface area contributed by atoms with Crippen LogP contribution in [0, 0.1) is 0 Å². The second-order valence-electron chi connectivity index (χ2n) is 6.25. The number of carboxylic acids is 1. The number of aromatic carboxylic acids is 1. The highest BCUT2D eigenvalue weighted by atomic mass is 35.5. The number of benzene rings is 3. The molecule has 7 nitrogen and oxygen atoms in total. The lowest BCUT2D eigenvalue weighted by atomic mass is 10.0. The van der Waals surface area contributed by atoms with Crippen LogP contribution in [0.2, 0.25) is 5.02 Å². The summed E-state index contributed by atoms with van der Waals surface area (Å²) in [7, 11) is 1.37. The van der Waals surface area contributed by atoms with Crippen molar-refractivity contribution in [2.24, 2.45) is 0 Å². The van der Waals surface area contributed by atoms with Crippen LogP contribution in [0.3, 0.4) is 0 Å². The highest BCUT2D eigenvalue weighted by Gasteiger charge is 2.17. The third-order valence-corrected chi connectivity index (χ3v) is 4.52. The molecule has 0 saturated heterocycles. The molecule has 0 unspecified atom stereocenters. The zero-order valence-corrected chi connectivity index (χ0v) is 16.4. The normalized spacial score (nSPS) is 10.3. The Morgan fingerprint density at radius 1 is 0.933 bits per heavy atom. The van der Waals surface area contributed by atoms with Crippen LogP contribution in [0.4, 0.5) is 5.69 Å². The van der Waals surface area contributed by atoms with Gasteiger partial charge in [0.25, 0.3) is 5.91 Å². The van der Waals surface area contributed by atoms with E-state index in [9.17, 15) is 24.6 Å². The zero-order valence-electron chi connectivity index (χ0n) is 15.7. The number of rotatable bonds is 6. The molecule has 30 heavy (non-hydrogen) atoms. The average molecular weight is 426 g/mol. The van der Waals surface area contributed by atoms with Crippen molar-refractivity contribution in [3.05, 3.63) is 87.9 Å². The van der Waals surface area contributed by atoms with Crippen molar-refractivity contribution in [3.63, 3.8) is 0 Å². The summed E-state index contributed by atoms with van der Waals surface area (Å²) in [6.07, 6.45) is 0. The molecule has 3 N–H and O–H groups in total. The average Bonchev–Trinajstić information content (AvgIpc) is 2.74. The van der Waals surface area contributed by atoms with E-state index in [-0.39, 0.29) is 50.2 Å². The Kier molecular flexibility index (Phi) is 6.03. The zero-order chi connectivity index (χ0) is 21.8. The second-order valence-corrected chi connectivity index (χ2v) is 6.68. The topological polar surface area (TPSA) is 113 Å². The van der Waals surface area contributed by atoms with E-state index in [4.69, 9.17) is 16.3 Å². The summed E-state index contributed by atoms with van der Waals surface area (Å²) in [5.41, 5.74) is 0.604. The Labute approximate surface area is 176 Å². The molecule has 0 heterocycles. The monoisotopic (exact) mass is 425 g/mol. The summed E-state index contributed by atoms with van der Waals surface area (Å²) in [6, 6.07) is 14.3. The Morgan fingerprint density at radius 2 is 1.63 bits per heavy atom. The third-order valence-electron chi connectivity index (χ3n) is 4.29. The molecule has 3 rings (SSSR count). The van der Waals surface area contributed by atoms with Gasteiger partial charge in [0.1, 0.15) is 0 Å². The Morgan fingerprint density at radius 3 is 2.33 bits per heavy atom. The number of phenols is 1. The fraction of sp³-hybridized carbons (Fsp3) is 0.0455. The SMILES string of the molecule is COc1cc(C(=O)c2cccc(C(=O)Nc3ccc(Cl)cc3C(=O)O)c2)ccc1O. The number of aromatic hydroxyl groups is 1. The van der Waals surface area contributed by atoms with Crippen molar-refractivity contribution in [2.45, 2.75) is 0 Å². The van der Waals surface area contributed by atoms with Gasteiger partial charge in [-0.05, 0) is 48.5 Å². The molecular formula is C22H16ClNO6. The fourth-order valence-corrected chi connectivity index (χ4v) is 2.96. The number of halogens is 1. The second kappa shape index (κ2) is 8.67. The first kappa shape index (κ1) is 20.9. The lowest BCUT2D eigenvalue weighted by Gasteiger charge is -2.10. The van der Waals surface area contributed by atoms with Gasteiger partial charge in [-0.2, -0.15) is 0 Å². The maximum atomic E-state index is 12.8. The van der Waals surface area contributed by atoms with E-state index in [0.717, 1.165) is 0 Å². The minimum atomic E-state index is -1.24. The van der Waals surface area contributed by atoms with Crippen molar-refractivity contribution < 1.29 is 29.3 Å². The number of nitrogens with one attached hydrogen (secondary N) is 1. The smallest absolute Gasteiger partial charge is 0.337 e. The number of carbonyl (C=O) groups is 3. The quantitative estimate of drug-likeness (QED) is 0.509. The number of amides is 1. The lowest BCUT2D eigenvalue weighted by Crippen LogP contribution is -2.15. The van der Waals surface area contributed by atoms with Crippen molar-refractivity contribution in [1.82, 2.24) is 0 Å². The van der Waals surface area contributed by atoms with Crippen LogP contribution >= 0.6 is 11.6 Å². The molecule has 0 fully saturated rings. The minimum Gasteiger partial charge on any atom is -0.504 e. The maximum absolute atomic E-state index is 12.8. The first-order chi connectivity index (χ1) is 14.3. The number of phenolic OH excluding ortho intramolecular Hbond substituents is 1. The molecule has 0 bridgehead atoms. The number of carbonyl (C=O) groups excluding carboxylic acids is 2. The molecule has 0 atom stereocenters. The maximum Gasteiger partial charge on any atom is 0.337 e. The molecule has 3 aromatic rings. The molecule has 0 saturated carbocycles. The molecule has 0 aromatic heterocycles. The van der Waals surface area contributed by atoms with Gasteiger partial charge < -0.3 is 20.3 Å². The van der Waals surface area contributed by atoms with E-state index in [1.54, 1.807) is 12.1 Å². The van der Waals surface area contributed by atoms with E-state index < -0.39 is 11.9 Å². The number of ketones is 1. The molecule has 1 amide bonds. The summed E-state index contributed by atoms with van der Waals surface area (Å²) in [5.74, 6) is -2.14. The summed E-state index contributed by atoms with van der Waals surface area (Å²) in [4.78, 5) is 36.8. The molecule has 152 valence electrons. The van der Waals surface area contributed by atoms with Gasteiger partial charge in [0.2, 0.25) is 0 Å². The van der Waals surface area contributed by atoms with E-state index >= 15 is 0 Å². The van der Waals surface area contributed by atoms with Gasteiger partial charge >= 0.3 is 5.97 Å². The van der Waals surface area contributed by atoms with Crippen molar-refractivity contribution in [3.8, 4) is 11.5 Å². The van der Waals surface area contributed by atoms with E-state index in [1.165, 1.54) is 55.6 Å². The number of anilines is 1. The molecule has 0 aliphatic rings. The number of ether oxygens (including phenoxy) is 1. The summed E-state index contributed by atoms with van der Waals surface area (Å²) in [6.45, 7) is 0. The van der Waals surface area contributed by atoms with Crippen LogP contribution in [0.1, 0.15) is 36.6 Å². The molecule has 0 radical (unpaired) electrons. The van der Waals surface area contributed by atoms with Crippen LogP contribution in [0.25, 0.3) is 0 Å². The van der Waals surface area contributed by atoms with E-state index in [1.807, 2.05) is 0 Å². The van der Waals surface area contributed by atoms with Crippen LogP contribution < -0.4 is 10.1 Å². The summed E-state index contributed by atoms with van der Waals surface area (Å²) >= 11 is 5.82. The van der Waals surface area contributed by atoms with Crippen LogP contribution in [0.5, 0.6) is 11.5 Å². The third kappa shape index (κ3) is 4.42. The van der Waals surface area contributed by atoms with Gasteiger partial charge in [0.05, 0.1) is 18.4 Å². The minimum absolute atomic E-state index is 0.0805. The van der Waals surface area contributed by atoms with Gasteiger partial charge in [0, 0.05) is 21.7 Å². The van der Waals surface area contributed by atoms with E-state index in [0.29, 0.717) is 0 Å². The number of hydrogen-bond donors (Lipinski definition) is 3. The predicted octanol–water partition coefficient (Wildman–Crippen LogP) is 4.24. The van der Waals surface area contributed by atoms with Crippen molar-refractivity contribution in [1.29, 1.82) is 0 Å². The van der Waals surface area contributed by atoms with Crippen LogP contribution in [0.15, 0.2) is 60.7 Å². The number of carboxylic acid groups (broad SMARTS) is 1. The van der Waals surface area contributed by atoms with Crippen LogP contribution in [-0.4, -0.2) is 35.0 Å². The van der Waals surface area contributed by atoms with Gasteiger partial charge in [-0.1, -0.05) is 23.7 Å². The highest BCUT2D eigenvalue weighted by Crippen LogP contribution is 2.27. The molecule has 0 aliphatic heterocycles. The lowest BCUT2D eigenvalue weighted by molar-refractivity contribution is 0.0697. The predicted molar refractivity (Wildman–Crippen MR) is 111 cm³/mol. The first-order valence-corrected chi connectivity index (χ1v) is 9.04. The van der Waals surface area contributed by atoms with Gasteiger partial charge in [-0.3, -0.25) is 9.59 Å². The molecular weight excluding hydrogens is 410 g/mol. The first-order valence-electron chi connectivity index (χ1n) is 8.66. The van der Waals surface area contributed by atoms with Crippen LogP contribution in [-0.2, 0) is 0 Å². The largest absolute Gasteiger partial charge is 0.504 e. The highest BCUT2D eigenvalue weighted by molar-refractivity contribution is 6.31. The summed E-state index contributed by atoms with van der Waals surface area (Å²) in [5, 5.41) is 21.7. The van der Waals surface area contributed by atoms with Gasteiger partial charge in [-0.25, -0.2) is 4.79 Å². The molecule has 0 aliphatic carbocycles. The summed E-state index contributed by atoms with van der Waals surface area (Å²) < 4.78 is 5.02. The Bertz CT molecular complexity index is 1160. The van der Waals surface area contributed by atoms with Gasteiger partial charge in [0.15, 0.2) is 17.3 Å². The van der Waals surface area contributed by atoms with Crippen molar-refractivity contribution >= 4 is 34.9 Å².